The summed E-state index contributed by atoms with van der Waals surface area (Å²) in [7, 11) is 0. The van der Waals surface area contributed by atoms with Crippen molar-refractivity contribution in [1.82, 2.24) is 10.2 Å². The number of amides is 3. The highest BCUT2D eigenvalue weighted by molar-refractivity contribution is 9.11. The first kappa shape index (κ1) is 29.8. The van der Waals surface area contributed by atoms with Gasteiger partial charge in [-0.1, -0.05) is 46.6 Å². The first-order chi connectivity index (χ1) is 19.6. The molecule has 0 aromatic heterocycles. The fraction of sp³-hybridized carbons (Fsp3) is 0.517. The summed E-state index contributed by atoms with van der Waals surface area (Å²) in [6.07, 6.45) is 4.94. The predicted octanol–water partition coefficient (Wildman–Crippen LogP) is 2.72. The molecule has 1 spiro atoms. The molecule has 2 saturated heterocycles. The molecule has 4 heterocycles. The standard InChI is InChI=1S/C29H33BrClN3O7/c1-3-18(15-35)34-25-27(38)33(19-10-8-17(31)9-11-19)12-6-4-5-7-21(36)32-14-16(2)40-28(39)22-23(26(34)37)29(25)13-20(30)24(22)41-29/h4,6,8-11,13,16,18,22-25,35H,3,5,7,12,14-15H2,1-2H3,(H,32,36)/b6-4-/t16-,18+,22+,23-,24+,25+,29-/m1/s1. The number of esters is 1. The van der Waals surface area contributed by atoms with Gasteiger partial charge in [0.05, 0.1) is 25.1 Å². The summed E-state index contributed by atoms with van der Waals surface area (Å²) in [5.41, 5.74) is -0.909. The van der Waals surface area contributed by atoms with Crippen LogP contribution < -0.4 is 10.2 Å². The summed E-state index contributed by atoms with van der Waals surface area (Å²) < 4.78 is 12.7. The van der Waals surface area contributed by atoms with E-state index in [0.29, 0.717) is 28.0 Å². The molecule has 0 unspecified atom stereocenters. The fourth-order valence-corrected chi connectivity index (χ4v) is 7.14. The molecular formula is C29H33BrClN3O7. The highest BCUT2D eigenvalue weighted by Gasteiger charge is 2.75. The maximum atomic E-state index is 14.7. The number of hydrogen-bond acceptors (Lipinski definition) is 7. The van der Waals surface area contributed by atoms with E-state index < -0.39 is 59.5 Å². The highest BCUT2D eigenvalue weighted by Crippen LogP contribution is 2.59. The van der Waals surface area contributed by atoms with Gasteiger partial charge in [0.25, 0.3) is 5.91 Å². The Morgan fingerprint density at radius 2 is 1.90 bits per heavy atom. The van der Waals surface area contributed by atoms with Crippen molar-refractivity contribution in [3.63, 3.8) is 0 Å². The van der Waals surface area contributed by atoms with Gasteiger partial charge in [0.1, 0.15) is 29.8 Å². The second-order valence-electron chi connectivity index (χ2n) is 10.8. The molecule has 0 saturated carbocycles. The molecule has 3 amide bonds. The van der Waals surface area contributed by atoms with Crippen molar-refractivity contribution in [2.75, 3.05) is 24.6 Å². The molecule has 1 aromatic rings. The molecule has 2 fully saturated rings. The Labute approximate surface area is 251 Å². The summed E-state index contributed by atoms with van der Waals surface area (Å²) in [4.78, 5) is 57.8. The van der Waals surface area contributed by atoms with E-state index in [2.05, 4.69) is 21.2 Å². The summed E-state index contributed by atoms with van der Waals surface area (Å²) in [5.74, 6) is -3.76. The third-order valence-corrected chi connectivity index (χ3v) is 9.18. The van der Waals surface area contributed by atoms with Crippen LogP contribution in [0.15, 0.2) is 47.0 Å². The molecule has 4 aliphatic heterocycles. The number of aliphatic hydroxyl groups excluding tert-OH is 1. The number of carbonyl (C=O) groups excluding carboxylic acids is 4. The van der Waals surface area contributed by atoms with Crippen LogP contribution in [-0.4, -0.2) is 83.3 Å². The second kappa shape index (κ2) is 11.9. The number of likely N-dealkylation sites (tertiary alicyclic amines) is 1. The lowest BCUT2D eigenvalue weighted by Crippen LogP contribution is -2.58. The lowest BCUT2D eigenvalue weighted by molar-refractivity contribution is -0.159. The number of rotatable bonds is 4. The molecule has 4 aliphatic rings. The summed E-state index contributed by atoms with van der Waals surface area (Å²) in [5, 5.41) is 13.6. The first-order valence-electron chi connectivity index (χ1n) is 13.8. The Bertz CT molecular complexity index is 1280. The minimum Gasteiger partial charge on any atom is -0.460 e. The summed E-state index contributed by atoms with van der Waals surface area (Å²) >= 11 is 9.66. The van der Waals surface area contributed by atoms with Gasteiger partial charge in [-0.25, -0.2) is 0 Å². The van der Waals surface area contributed by atoms with Gasteiger partial charge in [-0.05, 0) is 50.1 Å². The van der Waals surface area contributed by atoms with E-state index in [4.69, 9.17) is 21.1 Å². The minimum absolute atomic E-state index is 0.118. The largest absolute Gasteiger partial charge is 0.460 e. The van der Waals surface area contributed by atoms with Crippen molar-refractivity contribution < 1.29 is 33.8 Å². The van der Waals surface area contributed by atoms with Crippen LogP contribution in [0.1, 0.15) is 33.1 Å². The van der Waals surface area contributed by atoms with Crippen LogP contribution in [-0.2, 0) is 28.7 Å². The highest BCUT2D eigenvalue weighted by atomic mass is 79.9. The Morgan fingerprint density at radius 3 is 2.59 bits per heavy atom. The normalized spacial score (nSPS) is 33.8. The number of anilines is 1. The Hall–Kier alpha value is -2.73. The number of nitrogens with one attached hydrogen (secondary N) is 1. The van der Waals surface area contributed by atoms with Crippen LogP contribution in [0.2, 0.25) is 5.02 Å². The van der Waals surface area contributed by atoms with E-state index >= 15 is 0 Å². The molecule has 0 radical (unpaired) electrons. The Kier molecular flexibility index (Phi) is 8.61. The van der Waals surface area contributed by atoms with E-state index in [0.717, 1.165) is 0 Å². The minimum atomic E-state index is -1.45. The molecule has 12 heteroatoms. The zero-order valence-electron chi connectivity index (χ0n) is 22.8. The molecule has 10 nitrogen and oxygen atoms in total. The summed E-state index contributed by atoms with van der Waals surface area (Å²) in [6, 6.07) is 4.93. The molecule has 41 heavy (non-hydrogen) atoms. The van der Waals surface area contributed by atoms with Crippen LogP contribution in [0, 0.1) is 11.8 Å². The third kappa shape index (κ3) is 5.22. The molecule has 220 valence electrons. The number of halogens is 2. The number of hydrogen-bond donors (Lipinski definition) is 2. The van der Waals surface area contributed by atoms with Crippen LogP contribution in [0.3, 0.4) is 0 Å². The number of aliphatic hydroxyl groups is 1. The lowest BCUT2D eigenvalue weighted by Gasteiger charge is -2.38. The number of carbonyl (C=O) groups is 4. The zero-order chi connectivity index (χ0) is 29.5. The van der Waals surface area contributed by atoms with Crippen molar-refractivity contribution in [3.05, 3.63) is 52.0 Å². The zero-order valence-corrected chi connectivity index (χ0v) is 25.1. The van der Waals surface area contributed by atoms with E-state index in [1.165, 1.54) is 9.80 Å². The molecule has 0 aliphatic carbocycles. The maximum absolute atomic E-state index is 14.7. The van der Waals surface area contributed by atoms with Crippen LogP contribution >= 0.6 is 27.5 Å². The Balaban J connectivity index is 1.65. The molecule has 5 bridgehead atoms. The van der Waals surface area contributed by atoms with Crippen molar-refractivity contribution in [2.24, 2.45) is 11.8 Å². The number of ether oxygens (including phenoxy) is 2. The monoisotopic (exact) mass is 649 g/mol. The number of allylic oxidation sites excluding steroid dienone is 1. The van der Waals surface area contributed by atoms with Crippen molar-refractivity contribution in [2.45, 2.75) is 63.0 Å². The Morgan fingerprint density at radius 1 is 1.17 bits per heavy atom. The van der Waals surface area contributed by atoms with Crippen LogP contribution in [0.5, 0.6) is 0 Å². The molecular weight excluding hydrogens is 618 g/mol. The number of cyclic esters (lactones) is 1. The second-order valence-corrected chi connectivity index (χ2v) is 12.2. The van der Waals surface area contributed by atoms with Gasteiger partial charge in [0.2, 0.25) is 11.8 Å². The number of fused-ring (bicyclic) bond motifs is 2. The van der Waals surface area contributed by atoms with Gasteiger partial charge in [0, 0.05) is 28.2 Å². The molecule has 1 aromatic carbocycles. The van der Waals surface area contributed by atoms with E-state index in [1.807, 2.05) is 13.0 Å². The van der Waals surface area contributed by atoms with Gasteiger partial charge < -0.3 is 29.7 Å². The van der Waals surface area contributed by atoms with Gasteiger partial charge in [-0.15, -0.1) is 0 Å². The SMILES string of the molecule is CC[C@@H](CO)N1C(=O)[C@H]2[C@@H]3C(=O)O[C@H](C)CNC(=O)CC/C=C\CN(c4ccc(Cl)cc4)C(=O)[C@H]1[C@@]21C=C(Br)[C@@H]3O1. The number of benzene rings is 1. The fourth-order valence-electron chi connectivity index (χ4n) is 6.28. The average Bonchev–Trinajstić information content (AvgIpc) is 3.54. The van der Waals surface area contributed by atoms with Gasteiger partial charge in [0.15, 0.2) is 0 Å². The summed E-state index contributed by atoms with van der Waals surface area (Å²) in [6.45, 7) is 3.39. The topological polar surface area (TPSA) is 125 Å². The van der Waals surface area contributed by atoms with Crippen molar-refractivity contribution in [1.29, 1.82) is 0 Å². The van der Waals surface area contributed by atoms with E-state index in [9.17, 15) is 24.3 Å². The quantitative estimate of drug-likeness (QED) is 0.379. The van der Waals surface area contributed by atoms with E-state index in [1.54, 1.807) is 43.3 Å². The first-order valence-corrected chi connectivity index (χ1v) is 15.0. The third-order valence-electron chi connectivity index (χ3n) is 8.25. The van der Waals surface area contributed by atoms with Crippen LogP contribution in [0.4, 0.5) is 5.69 Å². The molecule has 2 N–H and O–H groups in total. The van der Waals surface area contributed by atoms with Crippen LogP contribution in [0.25, 0.3) is 0 Å². The van der Waals surface area contributed by atoms with Gasteiger partial charge >= 0.3 is 5.97 Å². The molecule has 5 rings (SSSR count). The van der Waals surface area contributed by atoms with Gasteiger partial charge in [-0.3, -0.25) is 19.2 Å². The lowest BCUT2D eigenvalue weighted by atomic mass is 9.74. The van der Waals surface area contributed by atoms with Gasteiger partial charge in [-0.2, -0.15) is 0 Å². The van der Waals surface area contributed by atoms with Crippen molar-refractivity contribution >= 4 is 56.9 Å². The van der Waals surface area contributed by atoms with E-state index in [-0.39, 0.29) is 32.0 Å². The smallest absolute Gasteiger partial charge is 0.313 e. The maximum Gasteiger partial charge on any atom is 0.313 e. The predicted molar refractivity (Wildman–Crippen MR) is 154 cm³/mol. The average molecular weight is 651 g/mol. The molecule has 7 atom stereocenters. The number of nitrogens with zero attached hydrogens (tertiary/aromatic N) is 2. The van der Waals surface area contributed by atoms with Crippen molar-refractivity contribution in [3.8, 4) is 0 Å².